The highest BCUT2D eigenvalue weighted by Crippen LogP contribution is 2.37. The van der Waals surface area contributed by atoms with E-state index >= 15 is 0 Å². The van der Waals surface area contributed by atoms with Crippen molar-refractivity contribution in [1.82, 2.24) is 4.90 Å². The van der Waals surface area contributed by atoms with Crippen molar-refractivity contribution in [2.24, 2.45) is 5.73 Å². The molecule has 3 N–H and O–H groups in total. The molecule has 34 heavy (non-hydrogen) atoms. The van der Waals surface area contributed by atoms with Crippen LogP contribution in [0.1, 0.15) is 47.1 Å². The Bertz CT molecular complexity index is 1340. The molecule has 0 bridgehead atoms. The molecule has 5 rings (SSSR count). The Morgan fingerprint density at radius 1 is 1.06 bits per heavy atom. The molecule has 0 aliphatic carbocycles. The summed E-state index contributed by atoms with van der Waals surface area (Å²) in [5, 5.41) is 2.94. The van der Waals surface area contributed by atoms with Gasteiger partial charge in [0.1, 0.15) is 11.5 Å². The molecule has 0 atom stereocenters. The fraction of sp³-hybridized carbons (Fsp3) is 0.167. The smallest absolute Gasteiger partial charge is 0.262 e. The molecule has 0 radical (unpaired) electrons. The van der Waals surface area contributed by atoms with Crippen LogP contribution in [0.5, 0.6) is 11.5 Å². The van der Waals surface area contributed by atoms with Gasteiger partial charge in [-0.2, -0.15) is 0 Å². The molecule has 172 valence electrons. The minimum absolute atomic E-state index is 0.173. The van der Waals surface area contributed by atoms with E-state index in [-0.39, 0.29) is 28.5 Å². The molecular formula is C24H19N3O6S. The van der Waals surface area contributed by atoms with Crippen LogP contribution < -0.4 is 20.5 Å². The zero-order valence-electron chi connectivity index (χ0n) is 18.0. The van der Waals surface area contributed by atoms with Crippen LogP contribution in [-0.4, -0.2) is 41.9 Å². The minimum Gasteiger partial charge on any atom is -0.454 e. The third-order valence-corrected chi connectivity index (χ3v) is 6.93. The van der Waals surface area contributed by atoms with Crippen LogP contribution in [0.15, 0.2) is 42.5 Å². The summed E-state index contributed by atoms with van der Waals surface area (Å²) in [6.07, 6.45) is 0.488. The fourth-order valence-corrected chi connectivity index (χ4v) is 5.30. The Morgan fingerprint density at radius 3 is 2.41 bits per heavy atom. The predicted octanol–water partition coefficient (Wildman–Crippen LogP) is 2.71. The van der Waals surface area contributed by atoms with E-state index in [0.29, 0.717) is 23.5 Å². The van der Waals surface area contributed by atoms with Crippen molar-refractivity contribution < 1.29 is 28.7 Å². The van der Waals surface area contributed by atoms with Gasteiger partial charge in [-0.15, -0.1) is 11.3 Å². The molecule has 1 aromatic heterocycles. The molecule has 0 fully saturated rings. The van der Waals surface area contributed by atoms with Crippen LogP contribution >= 0.6 is 11.3 Å². The summed E-state index contributed by atoms with van der Waals surface area (Å²) in [4.78, 5) is 51.7. The molecule has 3 heterocycles. The monoisotopic (exact) mass is 477 g/mol. The highest BCUT2D eigenvalue weighted by Gasteiger charge is 2.36. The molecule has 4 amide bonds. The maximum atomic E-state index is 12.8. The van der Waals surface area contributed by atoms with E-state index in [1.807, 2.05) is 18.2 Å². The van der Waals surface area contributed by atoms with E-state index in [4.69, 9.17) is 15.2 Å². The Morgan fingerprint density at radius 2 is 1.74 bits per heavy atom. The van der Waals surface area contributed by atoms with Crippen molar-refractivity contribution in [2.75, 3.05) is 18.7 Å². The molecule has 2 aliphatic rings. The van der Waals surface area contributed by atoms with E-state index < -0.39 is 30.2 Å². The second-order valence-electron chi connectivity index (χ2n) is 7.87. The van der Waals surface area contributed by atoms with Gasteiger partial charge < -0.3 is 20.5 Å². The van der Waals surface area contributed by atoms with Crippen LogP contribution in [0.25, 0.3) is 0 Å². The second-order valence-corrected chi connectivity index (χ2v) is 8.98. The lowest BCUT2D eigenvalue weighted by molar-refractivity contribution is -0.116. The van der Waals surface area contributed by atoms with Crippen LogP contribution in [-0.2, 0) is 11.2 Å². The molecule has 2 aliphatic heterocycles. The number of thiophene rings is 1. The molecule has 0 saturated heterocycles. The van der Waals surface area contributed by atoms with Crippen LogP contribution in [0.4, 0.5) is 5.00 Å². The lowest BCUT2D eigenvalue weighted by Crippen LogP contribution is -2.37. The number of hydrogen-bond donors (Lipinski definition) is 2. The quantitative estimate of drug-likeness (QED) is 0.526. The average Bonchev–Trinajstić information content (AvgIpc) is 3.46. The van der Waals surface area contributed by atoms with Crippen molar-refractivity contribution in [2.45, 2.75) is 13.3 Å². The third-order valence-electron chi connectivity index (χ3n) is 5.73. The number of nitrogens with zero attached hydrogens (tertiary/aromatic N) is 1. The van der Waals surface area contributed by atoms with E-state index in [0.717, 1.165) is 15.3 Å². The van der Waals surface area contributed by atoms with Gasteiger partial charge in [0.2, 0.25) is 12.7 Å². The first-order valence-corrected chi connectivity index (χ1v) is 11.2. The number of primary amides is 1. The van der Waals surface area contributed by atoms with E-state index in [1.54, 1.807) is 31.2 Å². The molecule has 0 unspecified atom stereocenters. The van der Waals surface area contributed by atoms with Gasteiger partial charge in [-0.05, 0) is 42.3 Å². The van der Waals surface area contributed by atoms with E-state index in [1.165, 1.54) is 11.3 Å². The number of amides is 4. The van der Waals surface area contributed by atoms with Gasteiger partial charge in [-0.3, -0.25) is 24.1 Å². The Balaban J connectivity index is 1.35. The summed E-state index contributed by atoms with van der Waals surface area (Å²) < 4.78 is 10.8. The normalized spacial score (nSPS) is 13.9. The number of nitrogens with one attached hydrogen (secondary N) is 1. The maximum absolute atomic E-state index is 12.8. The number of rotatable bonds is 6. The Kier molecular flexibility index (Phi) is 5.29. The molecule has 10 heteroatoms. The number of imide groups is 1. The summed E-state index contributed by atoms with van der Waals surface area (Å²) in [7, 11) is 0. The predicted molar refractivity (Wildman–Crippen MR) is 123 cm³/mol. The lowest BCUT2D eigenvalue weighted by atomic mass is 10.1. The van der Waals surface area contributed by atoms with E-state index in [2.05, 4.69) is 5.32 Å². The summed E-state index contributed by atoms with van der Waals surface area (Å²) in [6, 6.07) is 12.0. The average molecular weight is 477 g/mol. The maximum Gasteiger partial charge on any atom is 0.262 e. The van der Waals surface area contributed by atoms with Crippen molar-refractivity contribution in [3.05, 3.63) is 75.2 Å². The van der Waals surface area contributed by atoms with Crippen LogP contribution in [0.2, 0.25) is 0 Å². The summed E-state index contributed by atoms with van der Waals surface area (Å²) in [6.45, 7) is 1.46. The highest BCUT2D eigenvalue weighted by atomic mass is 32.1. The molecule has 3 aromatic rings. The first-order chi connectivity index (χ1) is 16.3. The molecule has 2 aromatic carbocycles. The van der Waals surface area contributed by atoms with Crippen LogP contribution in [0, 0.1) is 6.92 Å². The SMILES string of the molecule is Cc1c(Cc2ccc3c(c2)OCO3)sc(NC(=O)CN2C(=O)c3ccccc3C2=O)c1C(N)=O. The standard InChI is InChI=1S/C24H19N3O6S/c1-12-18(9-13-6-7-16-17(8-13)33-11-32-16)34-22(20(12)21(25)29)26-19(28)10-27-23(30)14-4-2-3-5-15(14)24(27)31/h2-8H,9-11H2,1H3,(H2,25,29)(H,26,28). The summed E-state index contributed by atoms with van der Waals surface area (Å²) in [5.41, 5.74) is 7.92. The van der Waals surface area contributed by atoms with Crippen molar-refractivity contribution in [3.63, 3.8) is 0 Å². The number of carbonyl (C=O) groups excluding carboxylic acids is 4. The number of anilines is 1. The van der Waals surface area contributed by atoms with Crippen molar-refractivity contribution in [1.29, 1.82) is 0 Å². The number of hydrogen-bond acceptors (Lipinski definition) is 7. The Hall–Kier alpha value is -4.18. The van der Waals surface area contributed by atoms with Gasteiger partial charge in [-0.1, -0.05) is 18.2 Å². The van der Waals surface area contributed by atoms with Crippen LogP contribution in [0.3, 0.4) is 0 Å². The van der Waals surface area contributed by atoms with Gasteiger partial charge in [-0.25, -0.2) is 0 Å². The van der Waals surface area contributed by atoms with Gasteiger partial charge in [0.15, 0.2) is 11.5 Å². The number of nitrogens with two attached hydrogens (primary N) is 1. The zero-order chi connectivity index (χ0) is 24.0. The largest absolute Gasteiger partial charge is 0.454 e. The van der Waals surface area contributed by atoms with E-state index in [9.17, 15) is 19.2 Å². The zero-order valence-corrected chi connectivity index (χ0v) is 18.9. The first-order valence-electron chi connectivity index (χ1n) is 10.4. The van der Waals surface area contributed by atoms with Gasteiger partial charge >= 0.3 is 0 Å². The lowest BCUT2D eigenvalue weighted by Gasteiger charge is -2.13. The number of benzene rings is 2. The highest BCUT2D eigenvalue weighted by molar-refractivity contribution is 7.17. The second kappa shape index (κ2) is 8.31. The fourth-order valence-electron chi connectivity index (χ4n) is 4.04. The molecule has 0 saturated carbocycles. The number of fused-ring (bicyclic) bond motifs is 2. The number of carbonyl (C=O) groups is 4. The minimum atomic E-state index is -0.679. The third kappa shape index (κ3) is 3.67. The number of ether oxygens (including phenoxy) is 2. The topological polar surface area (TPSA) is 128 Å². The summed E-state index contributed by atoms with van der Waals surface area (Å²) in [5.74, 6) is -1.02. The first kappa shape index (κ1) is 21.7. The molecule has 9 nitrogen and oxygen atoms in total. The summed E-state index contributed by atoms with van der Waals surface area (Å²) >= 11 is 1.22. The van der Waals surface area contributed by atoms with Gasteiger partial charge in [0.05, 0.1) is 16.7 Å². The van der Waals surface area contributed by atoms with Crippen molar-refractivity contribution >= 4 is 40.0 Å². The van der Waals surface area contributed by atoms with Gasteiger partial charge in [0.25, 0.3) is 17.7 Å². The Labute approximate surface area is 198 Å². The van der Waals surface area contributed by atoms with Gasteiger partial charge in [0, 0.05) is 11.3 Å². The molecular weight excluding hydrogens is 458 g/mol. The van der Waals surface area contributed by atoms with Crippen molar-refractivity contribution in [3.8, 4) is 11.5 Å². The molecule has 0 spiro atoms.